The third kappa shape index (κ3) is 5.59. The summed E-state index contributed by atoms with van der Waals surface area (Å²) in [5.41, 5.74) is 0.795. The average molecular weight is 493 g/mol. The highest BCUT2D eigenvalue weighted by molar-refractivity contribution is 7.99. The number of nitrogens with one attached hydrogen (secondary N) is 1. The maximum Gasteiger partial charge on any atom is 0.243 e. The van der Waals surface area contributed by atoms with E-state index in [4.69, 9.17) is 0 Å². The quantitative estimate of drug-likeness (QED) is 0.563. The van der Waals surface area contributed by atoms with Crippen LogP contribution in [0.25, 0.3) is 11.4 Å². The third-order valence-corrected chi connectivity index (χ3v) is 9.18. The molecule has 1 aliphatic carbocycles. The van der Waals surface area contributed by atoms with Gasteiger partial charge in [-0.1, -0.05) is 24.6 Å². The number of benzene rings is 1. The summed E-state index contributed by atoms with van der Waals surface area (Å²) in [5.74, 6) is 0.994. The zero-order valence-corrected chi connectivity index (χ0v) is 20.9. The standard InChI is InChI=1S/C22H32N6O3S2/c1-3-28-21(24-25-22(28)32-16-20(29)23-18-6-4-5-7-18)17-8-10-19(11-9-17)33(30,31)27-14-12-26(2)13-15-27/h8-11,18H,3-7,12-16H2,1-2H3,(H,23,29). The molecule has 2 fully saturated rings. The van der Waals surface area contributed by atoms with Crippen molar-refractivity contribution in [3.63, 3.8) is 0 Å². The van der Waals surface area contributed by atoms with Gasteiger partial charge in [-0.15, -0.1) is 10.2 Å². The molecule has 2 aromatic rings. The highest BCUT2D eigenvalue weighted by atomic mass is 32.2. The van der Waals surface area contributed by atoms with Crippen LogP contribution in [0.5, 0.6) is 0 Å². The van der Waals surface area contributed by atoms with Crippen molar-refractivity contribution in [3.8, 4) is 11.4 Å². The topological polar surface area (TPSA) is 100 Å². The lowest BCUT2D eigenvalue weighted by Gasteiger charge is -2.31. The molecule has 1 aromatic heterocycles. The zero-order chi connectivity index (χ0) is 23.4. The van der Waals surface area contributed by atoms with Gasteiger partial charge in [-0.25, -0.2) is 8.42 Å². The molecule has 11 heteroatoms. The summed E-state index contributed by atoms with van der Waals surface area (Å²) in [6.07, 6.45) is 4.49. The number of piperazine rings is 1. The maximum absolute atomic E-state index is 13.0. The summed E-state index contributed by atoms with van der Waals surface area (Å²) in [4.78, 5) is 14.7. The fraction of sp³-hybridized carbons (Fsp3) is 0.591. The van der Waals surface area contributed by atoms with Gasteiger partial charge in [0.1, 0.15) is 0 Å². The van der Waals surface area contributed by atoms with Gasteiger partial charge in [-0.2, -0.15) is 4.31 Å². The molecule has 0 radical (unpaired) electrons. The van der Waals surface area contributed by atoms with E-state index in [2.05, 4.69) is 20.4 Å². The van der Waals surface area contributed by atoms with Crippen molar-refractivity contribution >= 4 is 27.7 Å². The van der Waals surface area contributed by atoms with Crippen LogP contribution in [0.1, 0.15) is 32.6 Å². The number of carbonyl (C=O) groups is 1. The Balaban J connectivity index is 1.43. The Kier molecular flexibility index (Phi) is 7.72. The predicted octanol–water partition coefficient (Wildman–Crippen LogP) is 2.05. The largest absolute Gasteiger partial charge is 0.353 e. The lowest BCUT2D eigenvalue weighted by Crippen LogP contribution is -2.46. The van der Waals surface area contributed by atoms with Crippen molar-refractivity contribution in [2.75, 3.05) is 39.0 Å². The van der Waals surface area contributed by atoms with Crippen LogP contribution in [0.3, 0.4) is 0 Å². The molecule has 2 aliphatic rings. The van der Waals surface area contributed by atoms with Crippen molar-refractivity contribution in [1.29, 1.82) is 0 Å². The van der Waals surface area contributed by atoms with Crippen molar-refractivity contribution in [1.82, 2.24) is 29.3 Å². The minimum Gasteiger partial charge on any atom is -0.353 e. The van der Waals surface area contributed by atoms with E-state index in [9.17, 15) is 13.2 Å². The first kappa shape index (κ1) is 24.2. The molecule has 1 aromatic carbocycles. The van der Waals surface area contributed by atoms with Gasteiger partial charge in [-0.05, 0) is 51.1 Å². The molecule has 33 heavy (non-hydrogen) atoms. The van der Waals surface area contributed by atoms with Crippen LogP contribution in [0.4, 0.5) is 0 Å². The van der Waals surface area contributed by atoms with Gasteiger partial charge in [0.25, 0.3) is 0 Å². The van der Waals surface area contributed by atoms with Crippen molar-refractivity contribution in [2.45, 2.75) is 55.2 Å². The Hall–Kier alpha value is -1.95. The van der Waals surface area contributed by atoms with Crippen LogP contribution in [0.2, 0.25) is 0 Å². The van der Waals surface area contributed by atoms with Gasteiger partial charge in [0.2, 0.25) is 15.9 Å². The molecule has 180 valence electrons. The summed E-state index contributed by atoms with van der Waals surface area (Å²) in [7, 11) is -1.51. The van der Waals surface area contributed by atoms with Gasteiger partial charge in [0, 0.05) is 44.3 Å². The van der Waals surface area contributed by atoms with Crippen LogP contribution in [-0.4, -0.2) is 83.3 Å². The summed E-state index contributed by atoms with van der Waals surface area (Å²) in [6, 6.07) is 7.14. The highest BCUT2D eigenvalue weighted by Crippen LogP contribution is 2.26. The van der Waals surface area contributed by atoms with Crippen LogP contribution in [0, 0.1) is 0 Å². The van der Waals surface area contributed by atoms with E-state index in [0.717, 1.165) is 31.5 Å². The number of thioether (sulfide) groups is 1. The second-order valence-electron chi connectivity index (χ2n) is 8.62. The van der Waals surface area contributed by atoms with E-state index in [0.29, 0.717) is 42.4 Å². The normalized spacial score (nSPS) is 18.6. The lowest BCUT2D eigenvalue weighted by atomic mass is 10.2. The van der Waals surface area contributed by atoms with Crippen LogP contribution in [0.15, 0.2) is 34.3 Å². The summed E-state index contributed by atoms with van der Waals surface area (Å²) >= 11 is 1.38. The van der Waals surface area contributed by atoms with E-state index < -0.39 is 10.0 Å². The summed E-state index contributed by atoms with van der Waals surface area (Å²) in [5, 5.41) is 12.4. The smallest absolute Gasteiger partial charge is 0.243 e. The second-order valence-corrected chi connectivity index (χ2v) is 11.5. The van der Waals surface area contributed by atoms with Gasteiger partial charge in [0.15, 0.2) is 11.0 Å². The molecule has 0 bridgehead atoms. The van der Waals surface area contributed by atoms with Crippen molar-refractivity contribution in [2.24, 2.45) is 0 Å². The van der Waals surface area contributed by atoms with Crippen molar-refractivity contribution in [3.05, 3.63) is 24.3 Å². The van der Waals surface area contributed by atoms with Gasteiger partial charge in [-0.3, -0.25) is 4.79 Å². The SMILES string of the molecule is CCn1c(SCC(=O)NC2CCCC2)nnc1-c1ccc(S(=O)(=O)N2CCN(C)CC2)cc1. The molecular weight excluding hydrogens is 460 g/mol. The number of nitrogens with zero attached hydrogens (tertiary/aromatic N) is 5. The fourth-order valence-electron chi connectivity index (χ4n) is 4.32. The number of sulfonamides is 1. The minimum atomic E-state index is -3.51. The average Bonchev–Trinajstić information content (AvgIpc) is 3.47. The van der Waals surface area contributed by atoms with Gasteiger partial charge in [0.05, 0.1) is 10.6 Å². The predicted molar refractivity (Wildman–Crippen MR) is 129 cm³/mol. The molecule has 9 nitrogen and oxygen atoms in total. The first-order valence-corrected chi connectivity index (χ1v) is 14.0. The first-order valence-electron chi connectivity index (χ1n) is 11.5. The molecule has 0 atom stereocenters. The Morgan fingerprint density at radius 1 is 1.09 bits per heavy atom. The van der Waals surface area contributed by atoms with E-state index >= 15 is 0 Å². The highest BCUT2D eigenvalue weighted by Gasteiger charge is 2.27. The Morgan fingerprint density at radius 2 is 1.76 bits per heavy atom. The van der Waals surface area contributed by atoms with E-state index in [1.807, 2.05) is 18.5 Å². The zero-order valence-electron chi connectivity index (χ0n) is 19.2. The number of rotatable bonds is 8. The molecule has 0 spiro atoms. The number of carbonyl (C=O) groups excluding carboxylic acids is 1. The fourth-order valence-corrected chi connectivity index (χ4v) is 6.55. The molecule has 1 amide bonds. The van der Waals surface area contributed by atoms with Crippen LogP contribution in [-0.2, 0) is 21.4 Å². The number of aromatic nitrogens is 3. The third-order valence-electron chi connectivity index (χ3n) is 6.30. The lowest BCUT2D eigenvalue weighted by molar-refractivity contribution is -0.119. The van der Waals surface area contributed by atoms with Crippen LogP contribution >= 0.6 is 11.8 Å². The van der Waals surface area contributed by atoms with Crippen LogP contribution < -0.4 is 5.32 Å². The summed E-state index contributed by atoms with van der Waals surface area (Å²) in [6.45, 7) is 5.11. The molecular formula is C22H32N6O3S2. The Morgan fingerprint density at radius 3 is 2.39 bits per heavy atom. The van der Waals surface area contributed by atoms with Gasteiger partial charge < -0.3 is 14.8 Å². The number of hydrogen-bond donors (Lipinski definition) is 1. The first-order chi connectivity index (χ1) is 15.9. The Bertz CT molecular complexity index is 1060. The number of amides is 1. The molecule has 0 unspecified atom stereocenters. The molecule has 1 saturated carbocycles. The van der Waals surface area contributed by atoms with Crippen molar-refractivity contribution < 1.29 is 13.2 Å². The van der Waals surface area contributed by atoms with E-state index in [1.54, 1.807) is 28.6 Å². The monoisotopic (exact) mass is 492 g/mol. The van der Waals surface area contributed by atoms with E-state index in [1.165, 1.54) is 24.6 Å². The second kappa shape index (κ2) is 10.5. The van der Waals surface area contributed by atoms with E-state index in [-0.39, 0.29) is 10.8 Å². The summed E-state index contributed by atoms with van der Waals surface area (Å²) < 4.78 is 29.4. The minimum absolute atomic E-state index is 0.0255. The Labute approximate surface area is 200 Å². The molecule has 4 rings (SSSR count). The number of hydrogen-bond acceptors (Lipinski definition) is 7. The molecule has 1 saturated heterocycles. The van der Waals surface area contributed by atoms with Gasteiger partial charge >= 0.3 is 0 Å². The molecule has 2 heterocycles. The number of likely N-dealkylation sites (N-methyl/N-ethyl adjacent to an activating group) is 1. The molecule has 1 aliphatic heterocycles. The molecule has 1 N–H and O–H groups in total. The maximum atomic E-state index is 13.0.